The molecule has 1 saturated heterocycles. The molecule has 0 unspecified atom stereocenters. The van der Waals surface area contributed by atoms with Gasteiger partial charge >= 0.3 is 0 Å². The van der Waals surface area contributed by atoms with Crippen molar-refractivity contribution in [1.82, 2.24) is 14.4 Å². The van der Waals surface area contributed by atoms with Gasteiger partial charge in [-0.15, -0.1) is 11.3 Å². The predicted octanol–water partition coefficient (Wildman–Crippen LogP) is 4.64. The first-order valence-electron chi connectivity index (χ1n) is 11.5. The van der Waals surface area contributed by atoms with Crippen LogP contribution in [0.2, 0.25) is 0 Å². The Morgan fingerprint density at radius 2 is 1.85 bits per heavy atom. The van der Waals surface area contributed by atoms with E-state index in [9.17, 15) is 13.2 Å². The number of hydrogen-bond donors (Lipinski definition) is 1. The summed E-state index contributed by atoms with van der Waals surface area (Å²) >= 11 is 1.36. The fourth-order valence-electron chi connectivity index (χ4n) is 4.27. The maximum absolute atomic E-state index is 13.4. The summed E-state index contributed by atoms with van der Waals surface area (Å²) in [4.78, 5) is 18.9. The first-order chi connectivity index (χ1) is 16.2. The van der Waals surface area contributed by atoms with Crippen molar-refractivity contribution in [2.24, 2.45) is 5.92 Å². The summed E-state index contributed by atoms with van der Waals surface area (Å²) in [5.74, 6) is 1.15. The first kappa shape index (κ1) is 23.2. The van der Waals surface area contributed by atoms with Gasteiger partial charge in [-0.05, 0) is 69.7 Å². The summed E-state index contributed by atoms with van der Waals surface area (Å²) in [5.41, 5.74) is 2.90. The number of aromatic nitrogens is 2. The highest BCUT2D eigenvalue weighted by atomic mass is 32.2. The highest BCUT2D eigenvalue weighted by Gasteiger charge is 2.35. The summed E-state index contributed by atoms with van der Waals surface area (Å²) in [5, 5.41) is 7.07. The van der Waals surface area contributed by atoms with Crippen LogP contribution >= 0.6 is 11.3 Å². The number of nitrogens with zero attached hydrogens (tertiary/aromatic N) is 3. The number of sulfonamides is 1. The van der Waals surface area contributed by atoms with Crippen molar-refractivity contribution in [2.75, 3.05) is 18.4 Å². The molecule has 1 aliphatic heterocycles. The molecule has 2 aromatic heterocycles. The van der Waals surface area contributed by atoms with Gasteiger partial charge in [-0.3, -0.25) is 4.79 Å². The van der Waals surface area contributed by atoms with Gasteiger partial charge in [0.2, 0.25) is 27.6 Å². The van der Waals surface area contributed by atoms with Crippen LogP contribution in [0.1, 0.15) is 53.5 Å². The van der Waals surface area contributed by atoms with E-state index in [-0.39, 0.29) is 16.7 Å². The van der Waals surface area contributed by atoms with Crippen molar-refractivity contribution in [1.29, 1.82) is 0 Å². The molecule has 0 atom stereocenters. The highest BCUT2D eigenvalue weighted by Crippen LogP contribution is 2.41. The van der Waals surface area contributed by atoms with Crippen LogP contribution in [0.4, 0.5) is 5.69 Å². The molecule has 0 radical (unpaired) electrons. The molecule has 0 bridgehead atoms. The van der Waals surface area contributed by atoms with Crippen LogP contribution in [0.5, 0.6) is 0 Å². The van der Waals surface area contributed by atoms with Gasteiger partial charge in [0.05, 0.1) is 9.77 Å². The smallest absolute Gasteiger partial charge is 0.244 e. The predicted molar refractivity (Wildman–Crippen MR) is 130 cm³/mol. The molecule has 1 amide bonds. The molecule has 2 aliphatic rings. The molecule has 1 aliphatic carbocycles. The number of carbonyl (C=O) groups excluding carboxylic acids is 1. The molecule has 3 aromatic rings. The molecule has 8 nitrogen and oxygen atoms in total. The molecular formula is C24H28N4O4S2. The summed E-state index contributed by atoms with van der Waals surface area (Å²) in [6.45, 7) is 6.37. The number of rotatable bonds is 6. The Hall–Kier alpha value is -2.56. The van der Waals surface area contributed by atoms with Gasteiger partial charge in [0, 0.05) is 35.5 Å². The quantitative estimate of drug-likeness (QED) is 0.529. The van der Waals surface area contributed by atoms with E-state index in [2.05, 4.69) is 15.5 Å². The number of thiophene rings is 1. The monoisotopic (exact) mass is 500 g/mol. The van der Waals surface area contributed by atoms with Crippen LogP contribution in [0.15, 0.2) is 33.7 Å². The molecule has 3 heterocycles. The third kappa shape index (κ3) is 4.54. The normalized spacial score (nSPS) is 17.7. The Balaban J connectivity index is 1.25. The lowest BCUT2D eigenvalue weighted by atomic mass is 9.97. The zero-order chi connectivity index (χ0) is 24.0. The fourth-order valence-corrected chi connectivity index (χ4v) is 7.22. The van der Waals surface area contributed by atoms with Gasteiger partial charge in [0.15, 0.2) is 0 Å². The van der Waals surface area contributed by atoms with E-state index in [1.807, 2.05) is 32.0 Å². The van der Waals surface area contributed by atoms with E-state index >= 15 is 0 Å². The number of nitrogens with one attached hydrogen (secondary N) is 1. The number of piperidine rings is 1. The number of benzene rings is 1. The Bertz CT molecular complexity index is 1330. The summed E-state index contributed by atoms with van der Waals surface area (Å²) in [6, 6.07) is 7.60. The van der Waals surface area contributed by atoms with E-state index in [0.29, 0.717) is 53.3 Å². The van der Waals surface area contributed by atoms with Gasteiger partial charge < -0.3 is 9.84 Å². The largest absolute Gasteiger partial charge is 0.339 e. The van der Waals surface area contributed by atoms with E-state index in [4.69, 9.17) is 4.52 Å². The summed E-state index contributed by atoms with van der Waals surface area (Å²) in [6.07, 6.45) is 3.09. The van der Waals surface area contributed by atoms with Crippen molar-refractivity contribution in [2.45, 2.75) is 57.3 Å². The van der Waals surface area contributed by atoms with Gasteiger partial charge in [-0.25, -0.2) is 8.42 Å². The minimum Gasteiger partial charge on any atom is -0.339 e. The fraction of sp³-hybridized carbons (Fsp3) is 0.458. The van der Waals surface area contributed by atoms with Crippen LogP contribution in [-0.4, -0.2) is 41.9 Å². The lowest BCUT2D eigenvalue weighted by Gasteiger charge is -2.30. The van der Waals surface area contributed by atoms with Gasteiger partial charge in [0.1, 0.15) is 0 Å². The summed E-state index contributed by atoms with van der Waals surface area (Å²) < 4.78 is 33.6. The van der Waals surface area contributed by atoms with E-state index in [0.717, 1.165) is 29.7 Å². The van der Waals surface area contributed by atoms with E-state index < -0.39 is 10.0 Å². The lowest BCUT2D eigenvalue weighted by molar-refractivity contribution is -0.120. The Labute approximate surface area is 203 Å². The van der Waals surface area contributed by atoms with Crippen LogP contribution in [0.3, 0.4) is 0 Å². The molecule has 1 N–H and O–H groups in total. The number of aryl methyl sites for hydroxylation is 3. The number of amides is 1. The second-order valence-corrected chi connectivity index (χ2v) is 12.4. The third-order valence-corrected chi connectivity index (χ3v) is 9.75. The van der Waals surface area contributed by atoms with Gasteiger partial charge in [0.25, 0.3) is 0 Å². The number of hydrogen-bond acceptors (Lipinski definition) is 7. The molecule has 1 saturated carbocycles. The van der Waals surface area contributed by atoms with Crippen LogP contribution in [-0.2, 0) is 14.8 Å². The number of carbonyl (C=O) groups is 1. The van der Waals surface area contributed by atoms with Gasteiger partial charge in [-0.2, -0.15) is 9.29 Å². The minimum atomic E-state index is -3.67. The molecule has 180 valence electrons. The Morgan fingerprint density at radius 1 is 1.12 bits per heavy atom. The van der Waals surface area contributed by atoms with Crippen LogP contribution < -0.4 is 5.32 Å². The molecular weight excluding hydrogens is 472 g/mol. The standard InChI is InChI=1S/C24H28N4O4S2/c1-14-4-5-15(2)19(12-14)25-23(29)17-8-10-28(11-9-17)34(30,31)21-13-20(33-16(21)3)22-26-24(32-27-22)18-6-7-18/h4-5,12-13,17-18H,6-11H2,1-3H3,(H,25,29). The van der Waals surface area contributed by atoms with Gasteiger partial charge in [-0.1, -0.05) is 17.3 Å². The molecule has 10 heteroatoms. The summed E-state index contributed by atoms with van der Waals surface area (Å²) in [7, 11) is -3.67. The van der Waals surface area contributed by atoms with Crippen molar-refractivity contribution in [3.63, 3.8) is 0 Å². The molecule has 1 aromatic carbocycles. The zero-order valence-corrected chi connectivity index (χ0v) is 21.1. The molecule has 5 rings (SSSR count). The average Bonchev–Trinajstić information content (AvgIpc) is 3.40. The number of anilines is 1. The van der Waals surface area contributed by atoms with Crippen molar-refractivity contribution >= 4 is 33.0 Å². The molecule has 0 spiro atoms. The molecule has 34 heavy (non-hydrogen) atoms. The second kappa shape index (κ2) is 8.90. The van der Waals surface area contributed by atoms with Crippen molar-refractivity contribution < 1.29 is 17.7 Å². The Kier molecular flexibility index (Phi) is 6.07. The van der Waals surface area contributed by atoms with Crippen molar-refractivity contribution in [3.8, 4) is 10.7 Å². The maximum Gasteiger partial charge on any atom is 0.244 e. The topological polar surface area (TPSA) is 105 Å². The van der Waals surface area contributed by atoms with E-state index in [1.165, 1.54) is 15.6 Å². The Morgan fingerprint density at radius 3 is 2.56 bits per heavy atom. The van der Waals surface area contributed by atoms with Crippen molar-refractivity contribution in [3.05, 3.63) is 46.2 Å². The first-order valence-corrected chi connectivity index (χ1v) is 13.8. The average molecular weight is 501 g/mol. The second-order valence-electron chi connectivity index (χ2n) is 9.25. The van der Waals surface area contributed by atoms with Crippen LogP contribution in [0, 0.1) is 26.7 Å². The zero-order valence-electron chi connectivity index (χ0n) is 19.5. The van der Waals surface area contributed by atoms with E-state index in [1.54, 1.807) is 13.0 Å². The van der Waals surface area contributed by atoms with Crippen LogP contribution in [0.25, 0.3) is 10.7 Å². The molecule has 2 fully saturated rings. The highest BCUT2D eigenvalue weighted by molar-refractivity contribution is 7.89. The maximum atomic E-state index is 13.4. The lowest BCUT2D eigenvalue weighted by Crippen LogP contribution is -2.41. The minimum absolute atomic E-state index is 0.0525. The third-order valence-electron chi connectivity index (χ3n) is 6.55. The SMILES string of the molecule is Cc1ccc(C)c(NC(=O)C2CCN(S(=O)(=O)c3cc(-c4noc(C5CC5)n4)sc3C)CC2)c1.